The van der Waals surface area contributed by atoms with Gasteiger partial charge in [0.2, 0.25) is 0 Å². The minimum Gasteiger partial charge on any atom is -0.337 e. The number of imidazole rings is 1. The van der Waals surface area contributed by atoms with E-state index in [4.69, 9.17) is 12.2 Å². The van der Waals surface area contributed by atoms with Gasteiger partial charge in [0.1, 0.15) is 0 Å². The first-order valence-electron chi connectivity index (χ1n) is 5.80. The van der Waals surface area contributed by atoms with Crippen molar-refractivity contribution in [1.82, 2.24) is 9.55 Å². The van der Waals surface area contributed by atoms with Gasteiger partial charge in [0, 0.05) is 23.3 Å². The summed E-state index contributed by atoms with van der Waals surface area (Å²) in [4.78, 5) is 3.20. The Morgan fingerprint density at radius 3 is 2.47 bits per heavy atom. The van der Waals surface area contributed by atoms with E-state index in [1.807, 2.05) is 0 Å². The molecule has 1 saturated carbocycles. The first kappa shape index (κ1) is 10.9. The van der Waals surface area contributed by atoms with Crippen LogP contribution in [0, 0.1) is 4.77 Å². The third kappa shape index (κ3) is 2.03. The maximum atomic E-state index is 5.39. The van der Waals surface area contributed by atoms with Gasteiger partial charge in [-0.3, -0.25) is 0 Å². The molecule has 1 aromatic rings. The van der Waals surface area contributed by atoms with Gasteiger partial charge in [-0.05, 0) is 25.1 Å². The van der Waals surface area contributed by atoms with Crippen molar-refractivity contribution in [3.8, 4) is 0 Å². The number of aromatic nitrogens is 2. The third-order valence-electron chi connectivity index (χ3n) is 3.27. The Morgan fingerprint density at radius 2 is 1.93 bits per heavy atom. The number of hydrogen-bond donors (Lipinski definition) is 1. The molecule has 1 aliphatic rings. The quantitative estimate of drug-likeness (QED) is 0.716. The summed E-state index contributed by atoms with van der Waals surface area (Å²) >= 11 is 5.39. The van der Waals surface area contributed by atoms with Gasteiger partial charge >= 0.3 is 0 Å². The highest BCUT2D eigenvalue weighted by Gasteiger charge is 2.25. The molecule has 0 radical (unpaired) electrons. The van der Waals surface area contributed by atoms with E-state index in [1.54, 1.807) is 0 Å². The van der Waals surface area contributed by atoms with Crippen LogP contribution >= 0.6 is 12.2 Å². The zero-order valence-corrected chi connectivity index (χ0v) is 10.7. The van der Waals surface area contributed by atoms with E-state index in [0.29, 0.717) is 6.04 Å². The third-order valence-corrected chi connectivity index (χ3v) is 3.58. The molecular formula is C12H20N2S. The van der Waals surface area contributed by atoms with E-state index < -0.39 is 0 Å². The van der Waals surface area contributed by atoms with Crippen molar-refractivity contribution in [2.75, 3.05) is 0 Å². The molecule has 0 aromatic carbocycles. The minimum absolute atomic E-state index is 0.177. The Morgan fingerprint density at radius 1 is 1.33 bits per heavy atom. The Labute approximate surface area is 96.7 Å². The number of hydrogen-bond acceptors (Lipinski definition) is 1. The Bertz CT molecular complexity index is 388. The van der Waals surface area contributed by atoms with Crippen LogP contribution in [-0.2, 0) is 5.41 Å². The van der Waals surface area contributed by atoms with Gasteiger partial charge in [0.25, 0.3) is 0 Å². The SMILES string of the molecule is CC(C)(C)c1c[nH]c(=S)n1C1CCCC1. The molecule has 2 rings (SSSR count). The van der Waals surface area contributed by atoms with Crippen molar-refractivity contribution in [3.05, 3.63) is 16.7 Å². The average molecular weight is 224 g/mol. The van der Waals surface area contributed by atoms with Gasteiger partial charge in [0.05, 0.1) is 0 Å². The molecule has 1 aromatic heterocycles. The number of rotatable bonds is 1. The highest BCUT2D eigenvalue weighted by Crippen LogP contribution is 2.34. The van der Waals surface area contributed by atoms with Crippen LogP contribution in [0.4, 0.5) is 0 Å². The van der Waals surface area contributed by atoms with Gasteiger partial charge < -0.3 is 9.55 Å². The summed E-state index contributed by atoms with van der Waals surface area (Å²) in [5.41, 5.74) is 1.52. The van der Waals surface area contributed by atoms with Gasteiger partial charge in [0.15, 0.2) is 4.77 Å². The number of nitrogens with one attached hydrogen (secondary N) is 1. The lowest BCUT2D eigenvalue weighted by atomic mass is 9.92. The predicted octanol–water partition coefficient (Wildman–Crippen LogP) is 3.96. The van der Waals surface area contributed by atoms with E-state index >= 15 is 0 Å². The topological polar surface area (TPSA) is 20.7 Å². The molecule has 0 bridgehead atoms. The van der Waals surface area contributed by atoms with Gasteiger partial charge in [-0.15, -0.1) is 0 Å². The molecule has 0 aliphatic heterocycles. The summed E-state index contributed by atoms with van der Waals surface area (Å²) in [7, 11) is 0. The number of nitrogens with zero attached hydrogens (tertiary/aromatic N) is 1. The molecule has 15 heavy (non-hydrogen) atoms. The molecule has 3 heteroatoms. The van der Waals surface area contributed by atoms with Crippen LogP contribution in [0.2, 0.25) is 0 Å². The normalized spacial score (nSPS) is 18.6. The molecule has 0 amide bonds. The fraction of sp³-hybridized carbons (Fsp3) is 0.750. The maximum absolute atomic E-state index is 5.39. The van der Waals surface area contributed by atoms with Crippen LogP contribution in [0.25, 0.3) is 0 Å². The molecule has 1 heterocycles. The highest BCUT2D eigenvalue weighted by atomic mass is 32.1. The van der Waals surface area contributed by atoms with Crippen LogP contribution in [0.5, 0.6) is 0 Å². The predicted molar refractivity (Wildman–Crippen MR) is 65.8 cm³/mol. The second kappa shape index (κ2) is 3.78. The van der Waals surface area contributed by atoms with Crippen LogP contribution < -0.4 is 0 Å². The fourth-order valence-electron chi connectivity index (χ4n) is 2.48. The molecule has 0 atom stereocenters. The second-order valence-corrected chi connectivity index (χ2v) is 5.92. The zero-order valence-electron chi connectivity index (χ0n) is 9.84. The highest BCUT2D eigenvalue weighted by molar-refractivity contribution is 7.71. The maximum Gasteiger partial charge on any atom is 0.177 e. The van der Waals surface area contributed by atoms with Crippen molar-refractivity contribution >= 4 is 12.2 Å². The summed E-state index contributed by atoms with van der Waals surface area (Å²) in [5, 5.41) is 0. The second-order valence-electron chi connectivity index (χ2n) is 5.54. The largest absolute Gasteiger partial charge is 0.337 e. The minimum atomic E-state index is 0.177. The van der Waals surface area contributed by atoms with E-state index in [2.05, 4.69) is 36.5 Å². The van der Waals surface area contributed by atoms with Crippen molar-refractivity contribution in [2.45, 2.75) is 57.9 Å². The van der Waals surface area contributed by atoms with Crippen molar-refractivity contribution in [2.24, 2.45) is 0 Å². The van der Waals surface area contributed by atoms with E-state index in [9.17, 15) is 0 Å². The molecule has 0 unspecified atom stereocenters. The lowest BCUT2D eigenvalue weighted by Crippen LogP contribution is -2.20. The van der Waals surface area contributed by atoms with Crippen molar-refractivity contribution in [1.29, 1.82) is 0 Å². The van der Waals surface area contributed by atoms with Crippen LogP contribution in [0.15, 0.2) is 6.20 Å². The Kier molecular flexibility index (Phi) is 2.75. The van der Waals surface area contributed by atoms with Crippen LogP contribution in [-0.4, -0.2) is 9.55 Å². The van der Waals surface area contributed by atoms with E-state index in [1.165, 1.54) is 31.4 Å². The van der Waals surface area contributed by atoms with Crippen LogP contribution in [0.3, 0.4) is 0 Å². The van der Waals surface area contributed by atoms with Gasteiger partial charge in [-0.2, -0.15) is 0 Å². The van der Waals surface area contributed by atoms with E-state index in [-0.39, 0.29) is 5.41 Å². The Hall–Kier alpha value is -0.570. The molecule has 0 saturated heterocycles. The molecule has 0 spiro atoms. The van der Waals surface area contributed by atoms with Gasteiger partial charge in [-0.1, -0.05) is 33.6 Å². The summed E-state index contributed by atoms with van der Waals surface area (Å²) in [6.07, 6.45) is 7.35. The summed E-state index contributed by atoms with van der Waals surface area (Å²) in [6, 6.07) is 0.637. The first-order chi connectivity index (χ1) is 7.00. The average Bonchev–Trinajstić information content (AvgIpc) is 2.69. The molecule has 1 aliphatic carbocycles. The molecule has 1 N–H and O–H groups in total. The van der Waals surface area contributed by atoms with Crippen LogP contribution in [0.1, 0.15) is 58.2 Å². The monoisotopic (exact) mass is 224 g/mol. The summed E-state index contributed by atoms with van der Waals surface area (Å²) in [5.74, 6) is 0. The Balaban J connectivity index is 2.44. The zero-order chi connectivity index (χ0) is 11.1. The first-order valence-corrected chi connectivity index (χ1v) is 6.21. The fourth-order valence-corrected chi connectivity index (χ4v) is 2.79. The standard InChI is InChI=1S/C12H20N2S/c1-12(2,3)10-8-13-11(15)14(10)9-6-4-5-7-9/h8-9H,4-7H2,1-3H3,(H,13,15). The van der Waals surface area contributed by atoms with Crippen molar-refractivity contribution in [3.63, 3.8) is 0 Å². The van der Waals surface area contributed by atoms with E-state index in [0.717, 1.165) is 4.77 Å². The number of aromatic amines is 1. The number of H-pyrrole nitrogens is 1. The molecular weight excluding hydrogens is 204 g/mol. The lowest BCUT2D eigenvalue weighted by molar-refractivity contribution is 0.444. The molecule has 1 fully saturated rings. The molecule has 2 nitrogen and oxygen atoms in total. The smallest absolute Gasteiger partial charge is 0.177 e. The van der Waals surface area contributed by atoms with Gasteiger partial charge in [-0.25, -0.2) is 0 Å². The lowest BCUT2D eigenvalue weighted by Gasteiger charge is -2.24. The summed E-state index contributed by atoms with van der Waals surface area (Å²) in [6.45, 7) is 6.74. The summed E-state index contributed by atoms with van der Waals surface area (Å²) < 4.78 is 3.24. The van der Waals surface area contributed by atoms with Crippen molar-refractivity contribution < 1.29 is 0 Å². The molecule has 84 valence electrons.